The van der Waals surface area contributed by atoms with Crippen molar-refractivity contribution in [3.63, 3.8) is 0 Å². The fraction of sp³-hybridized carbons (Fsp3) is 0.519. The Hall–Kier alpha value is -2.69. The van der Waals surface area contributed by atoms with Crippen LogP contribution in [0.5, 0.6) is 11.5 Å². The van der Waals surface area contributed by atoms with Gasteiger partial charge >= 0.3 is 0 Å². The Labute approximate surface area is 193 Å². The maximum atomic E-state index is 10.7. The summed E-state index contributed by atoms with van der Waals surface area (Å²) in [5.74, 6) is 2.86. The summed E-state index contributed by atoms with van der Waals surface area (Å²) in [7, 11) is 0. The molecule has 2 unspecified atom stereocenters. The van der Waals surface area contributed by atoms with Crippen LogP contribution in [0.1, 0.15) is 65.5 Å². The van der Waals surface area contributed by atoms with Crippen LogP contribution in [0.2, 0.25) is 0 Å². The number of aromatic hydroxyl groups is 1. The highest BCUT2D eigenvalue weighted by molar-refractivity contribution is 5.73. The zero-order valence-corrected chi connectivity index (χ0v) is 20.3. The maximum Gasteiger partial charge on any atom is 0.217 e. The molecule has 1 aliphatic carbocycles. The Bertz CT molecular complexity index is 801. The van der Waals surface area contributed by atoms with Gasteiger partial charge < -0.3 is 20.1 Å². The minimum absolute atomic E-state index is 0.0156. The molecule has 2 N–H and O–H groups in total. The number of hydrogen-bond donors (Lipinski definition) is 2. The van der Waals surface area contributed by atoms with E-state index in [4.69, 9.17) is 9.84 Å². The van der Waals surface area contributed by atoms with Crippen LogP contribution in [0, 0.1) is 11.8 Å². The predicted molar refractivity (Wildman–Crippen MR) is 132 cm³/mol. The molecule has 32 heavy (non-hydrogen) atoms. The Balaban J connectivity index is 0.000000218. The first-order chi connectivity index (χ1) is 15.4. The number of phenolic OH excluding ortho intramolecular Hbond substituents is 1. The van der Waals surface area contributed by atoms with E-state index in [9.17, 15) is 4.79 Å². The number of carbonyl (C=O) groups excluding carboxylic acids is 1. The molecule has 1 saturated heterocycles. The zero-order valence-electron chi connectivity index (χ0n) is 20.3. The third kappa shape index (κ3) is 8.81. The van der Waals surface area contributed by atoms with Crippen molar-refractivity contribution in [2.24, 2.45) is 11.8 Å². The lowest BCUT2D eigenvalue weighted by Crippen LogP contribution is -2.23. The summed E-state index contributed by atoms with van der Waals surface area (Å²) in [6, 6.07) is 15.4. The Morgan fingerprint density at radius 1 is 1.09 bits per heavy atom. The highest BCUT2D eigenvalue weighted by Crippen LogP contribution is 2.30. The lowest BCUT2D eigenvalue weighted by Gasteiger charge is -2.18. The second-order valence-electron chi connectivity index (χ2n) is 8.60. The van der Waals surface area contributed by atoms with Crippen LogP contribution < -0.4 is 15.0 Å². The third-order valence-electron chi connectivity index (χ3n) is 5.62. The molecule has 0 aromatic heterocycles. The van der Waals surface area contributed by atoms with Crippen LogP contribution in [0.25, 0.3) is 0 Å². The van der Waals surface area contributed by atoms with Crippen molar-refractivity contribution < 1.29 is 14.6 Å². The smallest absolute Gasteiger partial charge is 0.217 e. The van der Waals surface area contributed by atoms with Crippen LogP contribution in [0.3, 0.4) is 0 Å². The molecule has 2 fully saturated rings. The third-order valence-corrected chi connectivity index (χ3v) is 5.62. The average molecular weight is 441 g/mol. The number of rotatable bonds is 6. The molecule has 0 spiro atoms. The number of carbonyl (C=O) groups is 1. The van der Waals surface area contributed by atoms with Gasteiger partial charge in [0.2, 0.25) is 5.91 Å². The van der Waals surface area contributed by atoms with Gasteiger partial charge in [-0.25, -0.2) is 0 Å². The van der Waals surface area contributed by atoms with Gasteiger partial charge in [0.15, 0.2) is 0 Å². The quantitative estimate of drug-likeness (QED) is 0.584. The molecule has 2 aromatic rings. The summed E-state index contributed by atoms with van der Waals surface area (Å²) < 4.78 is 5.75. The molecule has 0 bridgehead atoms. The lowest BCUT2D eigenvalue weighted by atomic mass is 10.1. The van der Waals surface area contributed by atoms with Crippen molar-refractivity contribution in [3.8, 4) is 11.5 Å². The number of hydrogen-bond acceptors (Lipinski definition) is 4. The summed E-state index contributed by atoms with van der Waals surface area (Å²) in [5.41, 5.74) is 2.32. The number of nitrogens with zero attached hydrogens (tertiary/aromatic N) is 1. The standard InChI is InChI=1S/C15H21NO.C10H13NO2.C2H6/c1-12-8-9-16(10-12)14-4-6-15(7-5-14)17-11-13-2-3-13;1-7(11-8(2)12)9-3-5-10(13)6-4-9;1-2/h4-7,12-13H,2-3,8-11H2,1H3;3-7,13H,1-2H3,(H,11,12);1-2H3. The van der Waals surface area contributed by atoms with Crippen molar-refractivity contribution in [2.75, 3.05) is 24.6 Å². The molecule has 2 aromatic carbocycles. The maximum absolute atomic E-state index is 10.7. The molecular formula is C27H40N2O3. The van der Waals surface area contributed by atoms with Gasteiger partial charge in [-0.3, -0.25) is 4.79 Å². The van der Waals surface area contributed by atoms with Gasteiger partial charge in [0, 0.05) is 25.7 Å². The van der Waals surface area contributed by atoms with Crippen LogP contribution in [0.15, 0.2) is 48.5 Å². The van der Waals surface area contributed by atoms with Gasteiger partial charge in [-0.05, 0) is 80.0 Å². The fourth-order valence-corrected chi connectivity index (χ4v) is 3.57. The van der Waals surface area contributed by atoms with Crippen molar-refractivity contribution in [2.45, 2.75) is 59.9 Å². The molecule has 0 radical (unpaired) electrons. The van der Waals surface area contributed by atoms with Gasteiger partial charge in [0.25, 0.3) is 0 Å². The predicted octanol–water partition coefficient (Wildman–Crippen LogP) is 5.94. The van der Waals surface area contributed by atoms with Crippen LogP contribution >= 0.6 is 0 Å². The van der Waals surface area contributed by atoms with Gasteiger partial charge in [-0.15, -0.1) is 0 Å². The molecule has 1 heterocycles. The lowest BCUT2D eigenvalue weighted by molar-refractivity contribution is -0.119. The monoisotopic (exact) mass is 440 g/mol. The molecule has 5 nitrogen and oxygen atoms in total. The van der Waals surface area contributed by atoms with Gasteiger partial charge in [-0.2, -0.15) is 0 Å². The van der Waals surface area contributed by atoms with Crippen molar-refractivity contribution in [1.29, 1.82) is 0 Å². The molecule has 2 atom stereocenters. The number of amides is 1. The van der Waals surface area contributed by atoms with E-state index >= 15 is 0 Å². The van der Waals surface area contributed by atoms with E-state index in [0.717, 1.165) is 29.8 Å². The topological polar surface area (TPSA) is 61.8 Å². The van der Waals surface area contributed by atoms with Gasteiger partial charge in [0.05, 0.1) is 12.6 Å². The highest BCUT2D eigenvalue weighted by Gasteiger charge is 2.22. The van der Waals surface area contributed by atoms with Crippen LogP contribution in [-0.2, 0) is 4.79 Å². The van der Waals surface area contributed by atoms with Gasteiger partial charge in [-0.1, -0.05) is 32.9 Å². The minimum Gasteiger partial charge on any atom is -0.508 e. The molecule has 1 amide bonds. The normalized spacial score (nSPS) is 17.9. The molecule has 1 saturated carbocycles. The Morgan fingerprint density at radius 2 is 1.72 bits per heavy atom. The van der Waals surface area contributed by atoms with Crippen LogP contribution in [-0.4, -0.2) is 30.7 Å². The number of phenols is 1. The van der Waals surface area contributed by atoms with Crippen molar-refractivity contribution in [1.82, 2.24) is 5.32 Å². The van der Waals surface area contributed by atoms with Crippen molar-refractivity contribution in [3.05, 3.63) is 54.1 Å². The second-order valence-corrected chi connectivity index (χ2v) is 8.60. The number of benzene rings is 2. The van der Waals surface area contributed by atoms with E-state index in [1.165, 1.54) is 45.0 Å². The van der Waals surface area contributed by atoms with Crippen molar-refractivity contribution >= 4 is 11.6 Å². The van der Waals surface area contributed by atoms with E-state index in [1.54, 1.807) is 24.3 Å². The fourth-order valence-electron chi connectivity index (χ4n) is 3.57. The molecule has 1 aliphatic heterocycles. The average Bonchev–Trinajstić information content (AvgIpc) is 3.53. The summed E-state index contributed by atoms with van der Waals surface area (Å²) in [5, 5.41) is 11.8. The summed E-state index contributed by atoms with van der Waals surface area (Å²) in [6.45, 7) is 13.0. The van der Waals surface area contributed by atoms with E-state index in [-0.39, 0.29) is 17.7 Å². The second kappa shape index (κ2) is 13.0. The Morgan fingerprint density at radius 3 is 2.22 bits per heavy atom. The van der Waals surface area contributed by atoms with E-state index in [0.29, 0.717) is 0 Å². The van der Waals surface area contributed by atoms with E-state index < -0.39 is 0 Å². The molecule has 4 rings (SSSR count). The summed E-state index contributed by atoms with van der Waals surface area (Å²) in [6.07, 6.45) is 4.02. The first-order valence-electron chi connectivity index (χ1n) is 11.9. The number of ether oxygens (including phenoxy) is 1. The molecule has 176 valence electrons. The summed E-state index contributed by atoms with van der Waals surface area (Å²) in [4.78, 5) is 13.2. The molecule has 5 heteroatoms. The molecular weight excluding hydrogens is 400 g/mol. The zero-order chi connectivity index (χ0) is 23.5. The SMILES string of the molecule is CC.CC(=O)NC(C)c1ccc(O)cc1.CC1CCN(c2ccc(OCC3CC3)cc2)C1. The Kier molecular flexibility index (Phi) is 10.4. The van der Waals surface area contributed by atoms with E-state index in [2.05, 4.69) is 41.4 Å². The highest BCUT2D eigenvalue weighted by atomic mass is 16.5. The number of anilines is 1. The largest absolute Gasteiger partial charge is 0.508 e. The number of nitrogens with one attached hydrogen (secondary N) is 1. The molecule has 2 aliphatic rings. The van der Waals surface area contributed by atoms with E-state index in [1.807, 2.05) is 20.8 Å². The summed E-state index contributed by atoms with van der Waals surface area (Å²) >= 11 is 0. The first-order valence-corrected chi connectivity index (χ1v) is 11.9. The first kappa shape index (κ1) is 25.6. The van der Waals surface area contributed by atoms with Gasteiger partial charge in [0.1, 0.15) is 11.5 Å². The van der Waals surface area contributed by atoms with Crippen LogP contribution in [0.4, 0.5) is 5.69 Å². The minimum atomic E-state index is -0.0550.